The molecule has 0 radical (unpaired) electrons. The van der Waals surface area contributed by atoms with Gasteiger partial charge in [0.05, 0.1) is 25.1 Å². The van der Waals surface area contributed by atoms with E-state index in [1.165, 1.54) is 5.56 Å². The predicted octanol–water partition coefficient (Wildman–Crippen LogP) is 3.97. The molecule has 2 saturated heterocycles. The van der Waals surface area contributed by atoms with E-state index in [9.17, 15) is 4.79 Å². The number of anilines is 2. The minimum absolute atomic E-state index is 0.0683. The van der Waals surface area contributed by atoms with Crippen molar-refractivity contribution >= 4 is 17.4 Å². The molecule has 2 aliphatic rings. The number of ether oxygens (including phenoxy) is 2. The lowest BCUT2D eigenvalue weighted by atomic mass is 9.87. The van der Waals surface area contributed by atoms with Gasteiger partial charge < -0.3 is 19.7 Å². The maximum Gasteiger partial charge on any atom is 0.255 e. The van der Waals surface area contributed by atoms with Gasteiger partial charge in [0.15, 0.2) is 5.79 Å². The van der Waals surface area contributed by atoms with E-state index >= 15 is 0 Å². The summed E-state index contributed by atoms with van der Waals surface area (Å²) in [6, 6.07) is 11.6. The fraction of sp³-hybridized carbons (Fsp3) is 0.478. The number of carbonyl (C=O) groups is 1. The normalized spacial score (nSPS) is 18.8. The smallest absolute Gasteiger partial charge is 0.255 e. The first-order chi connectivity index (χ1) is 13.8. The Labute approximate surface area is 172 Å². The Balaban J connectivity index is 1.35. The Bertz CT molecular complexity index is 840. The Hall–Kier alpha value is -2.44. The molecule has 0 unspecified atom stereocenters. The van der Waals surface area contributed by atoms with E-state index in [-0.39, 0.29) is 17.1 Å². The van der Waals surface area contributed by atoms with Crippen molar-refractivity contribution in [3.8, 4) is 0 Å². The van der Waals surface area contributed by atoms with Crippen molar-refractivity contribution in [1.82, 2.24) is 4.98 Å². The average Bonchev–Trinajstić information content (AvgIpc) is 3.17. The number of rotatable bonds is 3. The molecule has 0 aliphatic carbocycles. The SMILES string of the molecule is CC(C)(C)c1ccc(C(=O)Nc2ccc(N3CCC4(CC3)OCCO4)nc2)cc1. The summed E-state index contributed by atoms with van der Waals surface area (Å²) in [4.78, 5) is 19.3. The van der Waals surface area contributed by atoms with Crippen molar-refractivity contribution in [1.29, 1.82) is 0 Å². The largest absolute Gasteiger partial charge is 0.356 e. The van der Waals surface area contributed by atoms with Gasteiger partial charge in [-0.3, -0.25) is 4.79 Å². The highest BCUT2D eigenvalue weighted by atomic mass is 16.7. The molecule has 1 spiro atoms. The number of hydrogen-bond acceptors (Lipinski definition) is 5. The Morgan fingerprint density at radius 1 is 1.03 bits per heavy atom. The highest BCUT2D eigenvalue weighted by molar-refractivity contribution is 6.04. The van der Waals surface area contributed by atoms with Gasteiger partial charge in [-0.2, -0.15) is 0 Å². The monoisotopic (exact) mass is 395 g/mol. The molecule has 6 heteroatoms. The molecule has 1 aromatic heterocycles. The van der Waals surface area contributed by atoms with Crippen molar-refractivity contribution in [3.05, 3.63) is 53.7 Å². The van der Waals surface area contributed by atoms with E-state index < -0.39 is 0 Å². The lowest BCUT2D eigenvalue weighted by molar-refractivity contribution is -0.169. The van der Waals surface area contributed by atoms with E-state index in [1.807, 2.05) is 36.4 Å². The van der Waals surface area contributed by atoms with Crippen LogP contribution in [0.3, 0.4) is 0 Å². The highest BCUT2D eigenvalue weighted by Crippen LogP contribution is 2.32. The third-order valence-electron chi connectivity index (χ3n) is 5.68. The molecule has 4 rings (SSSR count). The van der Waals surface area contributed by atoms with Gasteiger partial charge in [-0.05, 0) is 35.2 Å². The number of amides is 1. The van der Waals surface area contributed by atoms with Gasteiger partial charge in [0.1, 0.15) is 5.82 Å². The summed E-state index contributed by atoms with van der Waals surface area (Å²) in [5.74, 6) is 0.397. The van der Waals surface area contributed by atoms with E-state index in [0.717, 1.165) is 31.7 Å². The zero-order chi connectivity index (χ0) is 20.5. The first kappa shape index (κ1) is 19.9. The molecule has 29 heavy (non-hydrogen) atoms. The second-order valence-electron chi connectivity index (χ2n) is 8.78. The van der Waals surface area contributed by atoms with Crippen LogP contribution < -0.4 is 10.2 Å². The number of piperidine rings is 1. The van der Waals surface area contributed by atoms with Crippen LogP contribution in [0.5, 0.6) is 0 Å². The fourth-order valence-electron chi connectivity index (χ4n) is 3.83. The number of hydrogen-bond donors (Lipinski definition) is 1. The van der Waals surface area contributed by atoms with Crippen molar-refractivity contribution < 1.29 is 14.3 Å². The van der Waals surface area contributed by atoms with Gasteiger partial charge in [0.25, 0.3) is 5.91 Å². The molecule has 154 valence electrons. The van der Waals surface area contributed by atoms with Gasteiger partial charge >= 0.3 is 0 Å². The summed E-state index contributed by atoms with van der Waals surface area (Å²) < 4.78 is 11.6. The summed E-state index contributed by atoms with van der Waals surface area (Å²) >= 11 is 0. The maximum atomic E-state index is 12.5. The average molecular weight is 396 g/mol. The minimum atomic E-state index is -0.382. The van der Waals surface area contributed by atoms with Crippen LogP contribution in [-0.2, 0) is 14.9 Å². The molecule has 3 heterocycles. The zero-order valence-corrected chi connectivity index (χ0v) is 17.4. The van der Waals surface area contributed by atoms with Crippen molar-refractivity contribution in [2.45, 2.75) is 44.8 Å². The number of aromatic nitrogens is 1. The summed E-state index contributed by atoms with van der Waals surface area (Å²) in [5, 5.41) is 2.93. The molecule has 1 aromatic carbocycles. The molecule has 1 N–H and O–H groups in total. The summed E-state index contributed by atoms with van der Waals surface area (Å²) in [5.41, 5.74) is 2.60. The lowest BCUT2D eigenvalue weighted by Crippen LogP contribution is -2.45. The first-order valence-corrected chi connectivity index (χ1v) is 10.3. The Kier molecular flexibility index (Phi) is 5.32. The zero-order valence-electron chi connectivity index (χ0n) is 17.4. The van der Waals surface area contributed by atoms with Gasteiger partial charge in [0, 0.05) is 31.5 Å². The van der Waals surface area contributed by atoms with Crippen LogP contribution in [0.25, 0.3) is 0 Å². The summed E-state index contributed by atoms with van der Waals surface area (Å²) in [6.07, 6.45) is 3.40. The van der Waals surface area contributed by atoms with E-state index in [1.54, 1.807) is 6.20 Å². The van der Waals surface area contributed by atoms with Gasteiger partial charge in [-0.1, -0.05) is 32.9 Å². The van der Waals surface area contributed by atoms with Gasteiger partial charge in [0.2, 0.25) is 0 Å². The van der Waals surface area contributed by atoms with Crippen LogP contribution in [0.2, 0.25) is 0 Å². The lowest BCUT2D eigenvalue weighted by Gasteiger charge is -2.38. The molecule has 1 amide bonds. The minimum Gasteiger partial charge on any atom is -0.356 e. The molecular formula is C23H29N3O3. The molecule has 2 fully saturated rings. The number of nitrogens with zero attached hydrogens (tertiary/aromatic N) is 2. The van der Waals surface area contributed by atoms with E-state index in [0.29, 0.717) is 24.5 Å². The number of nitrogens with one attached hydrogen (secondary N) is 1. The van der Waals surface area contributed by atoms with E-state index in [2.05, 4.69) is 36.0 Å². The van der Waals surface area contributed by atoms with Crippen molar-refractivity contribution in [2.75, 3.05) is 36.5 Å². The van der Waals surface area contributed by atoms with Crippen molar-refractivity contribution in [2.24, 2.45) is 0 Å². The molecule has 2 aromatic rings. The summed E-state index contributed by atoms with van der Waals surface area (Å²) in [7, 11) is 0. The van der Waals surface area contributed by atoms with Crippen LogP contribution in [-0.4, -0.2) is 43.0 Å². The second kappa shape index (κ2) is 7.76. The third kappa shape index (κ3) is 4.43. The molecule has 0 saturated carbocycles. The maximum absolute atomic E-state index is 12.5. The number of pyridine rings is 1. The van der Waals surface area contributed by atoms with Crippen molar-refractivity contribution in [3.63, 3.8) is 0 Å². The topological polar surface area (TPSA) is 63.7 Å². The number of carbonyl (C=O) groups excluding carboxylic acids is 1. The van der Waals surface area contributed by atoms with Crippen LogP contribution in [0.4, 0.5) is 11.5 Å². The molecule has 6 nitrogen and oxygen atoms in total. The predicted molar refractivity (Wildman–Crippen MR) is 113 cm³/mol. The highest BCUT2D eigenvalue weighted by Gasteiger charge is 2.39. The second-order valence-corrected chi connectivity index (χ2v) is 8.78. The van der Waals surface area contributed by atoms with Crippen LogP contribution >= 0.6 is 0 Å². The van der Waals surface area contributed by atoms with Crippen LogP contribution in [0.15, 0.2) is 42.6 Å². The van der Waals surface area contributed by atoms with E-state index in [4.69, 9.17) is 9.47 Å². The van der Waals surface area contributed by atoms with Crippen LogP contribution in [0, 0.1) is 0 Å². The standard InChI is InChI=1S/C23H29N3O3/c1-22(2,3)18-6-4-17(5-7-18)21(27)25-19-8-9-20(24-16-19)26-12-10-23(11-13-26)28-14-15-29-23/h4-9,16H,10-15H2,1-3H3,(H,25,27). The molecular weight excluding hydrogens is 366 g/mol. The third-order valence-corrected chi connectivity index (χ3v) is 5.68. The van der Waals surface area contributed by atoms with Gasteiger partial charge in [-0.15, -0.1) is 0 Å². The molecule has 2 aliphatic heterocycles. The first-order valence-electron chi connectivity index (χ1n) is 10.3. The number of benzene rings is 1. The summed E-state index contributed by atoms with van der Waals surface area (Å²) in [6.45, 7) is 9.54. The molecule has 0 atom stereocenters. The molecule has 0 bridgehead atoms. The van der Waals surface area contributed by atoms with Crippen LogP contribution in [0.1, 0.15) is 49.5 Å². The van der Waals surface area contributed by atoms with Gasteiger partial charge in [-0.25, -0.2) is 4.98 Å². The Morgan fingerprint density at radius 3 is 2.24 bits per heavy atom. The Morgan fingerprint density at radius 2 is 1.69 bits per heavy atom. The quantitative estimate of drug-likeness (QED) is 0.852. The fourth-order valence-corrected chi connectivity index (χ4v) is 3.83.